The number of benzene rings is 2. The number of phenolic OH excluding ortho intramolecular Hbond substituents is 1. The van der Waals surface area contributed by atoms with E-state index in [1.165, 1.54) is 31.2 Å². The number of amides is 1. The van der Waals surface area contributed by atoms with Crippen LogP contribution in [0.5, 0.6) is 5.75 Å². The minimum atomic E-state index is -4.61. The summed E-state index contributed by atoms with van der Waals surface area (Å²) < 4.78 is 32.2. The topological polar surface area (TPSA) is 128 Å². The Morgan fingerprint density at radius 3 is 2.44 bits per heavy atom. The van der Waals surface area contributed by atoms with Crippen LogP contribution >= 0.6 is 23.2 Å². The molecular formula is C14H11Cl2N3O5S. The molecule has 132 valence electrons. The van der Waals surface area contributed by atoms with Crippen molar-refractivity contribution < 1.29 is 22.9 Å². The molecule has 0 aliphatic carbocycles. The van der Waals surface area contributed by atoms with Crippen LogP contribution in [-0.4, -0.2) is 24.0 Å². The van der Waals surface area contributed by atoms with E-state index in [1.54, 1.807) is 0 Å². The first kappa shape index (κ1) is 19.1. The van der Waals surface area contributed by atoms with E-state index in [0.717, 1.165) is 6.07 Å². The Labute approximate surface area is 152 Å². The van der Waals surface area contributed by atoms with Crippen molar-refractivity contribution in [2.75, 3.05) is 5.32 Å². The fraction of sp³-hybridized carbons (Fsp3) is 0.0714. The van der Waals surface area contributed by atoms with Gasteiger partial charge in [-0.05, 0) is 30.3 Å². The molecule has 0 saturated heterocycles. The average Bonchev–Trinajstić information content (AvgIpc) is 2.48. The number of halogens is 2. The highest BCUT2D eigenvalue weighted by atomic mass is 35.5. The molecule has 0 unspecified atom stereocenters. The quantitative estimate of drug-likeness (QED) is 0.516. The number of carbonyl (C=O) groups is 1. The van der Waals surface area contributed by atoms with Crippen molar-refractivity contribution in [3.05, 3.63) is 40.4 Å². The second-order valence-electron chi connectivity index (χ2n) is 4.79. The summed E-state index contributed by atoms with van der Waals surface area (Å²) in [5.41, 5.74) is -0.100. The lowest BCUT2D eigenvalue weighted by molar-refractivity contribution is -0.114. The van der Waals surface area contributed by atoms with Crippen LogP contribution in [-0.2, 0) is 14.9 Å². The molecule has 0 spiro atoms. The predicted octanol–water partition coefficient (Wildman–Crippen LogP) is 4.32. The zero-order valence-electron chi connectivity index (χ0n) is 12.6. The molecule has 11 heteroatoms. The maximum Gasteiger partial charge on any atom is 0.296 e. The van der Waals surface area contributed by atoms with Crippen molar-refractivity contribution in [3.8, 4) is 5.75 Å². The van der Waals surface area contributed by atoms with Gasteiger partial charge in [0.05, 0.1) is 16.4 Å². The number of aromatic hydroxyl groups is 1. The van der Waals surface area contributed by atoms with Crippen LogP contribution in [0, 0.1) is 0 Å². The summed E-state index contributed by atoms with van der Waals surface area (Å²) >= 11 is 11.6. The number of carbonyl (C=O) groups excluding carboxylic acids is 1. The summed E-state index contributed by atoms with van der Waals surface area (Å²) in [6.45, 7) is 1.19. The summed E-state index contributed by atoms with van der Waals surface area (Å²) in [6.07, 6.45) is 0. The van der Waals surface area contributed by atoms with Gasteiger partial charge in [-0.3, -0.25) is 9.35 Å². The van der Waals surface area contributed by atoms with E-state index >= 15 is 0 Å². The summed E-state index contributed by atoms with van der Waals surface area (Å²) in [4.78, 5) is 10.6. The van der Waals surface area contributed by atoms with Crippen LogP contribution in [0.4, 0.5) is 17.1 Å². The van der Waals surface area contributed by atoms with E-state index in [-0.39, 0.29) is 32.9 Å². The highest BCUT2D eigenvalue weighted by Crippen LogP contribution is 2.38. The molecule has 8 nitrogen and oxygen atoms in total. The second kappa shape index (κ2) is 7.36. The molecule has 2 aromatic carbocycles. The molecule has 0 aliphatic rings. The van der Waals surface area contributed by atoms with Crippen LogP contribution in [0.25, 0.3) is 0 Å². The Kier molecular flexibility index (Phi) is 5.63. The molecule has 1 amide bonds. The van der Waals surface area contributed by atoms with Gasteiger partial charge in [-0.2, -0.15) is 13.5 Å². The number of azo groups is 1. The van der Waals surface area contributed by atoms with Gasteiger partial charge in [0.1, 0.15) is 10.6 Å². The molecular weight excluding hydrogens is 393 g/mol. The molecule has 3 N–H and O–H groups in total. The Bertz CT molecular complexity index is 977. The summed E-state index contributed by atoms with van der Waals surface area (Å²) in [6, 6.07) is 6.22. The molecule has 0 saturated carbocycles. The minimum Gasteiger partial charge on any atom is -0.504 e. The lowest BCUT2D eigenvalue weighted by Crippen LogP contribution is -2.10. The zero-order chi connectivity index (χ0) is 18.8. The standard InChI is InChI=1S/C14H11Cl2N3O5S/c1-7(20)17-11-3-2-9(6-13(11)25(22,23)24)18-19-12-5-8(15)4-10(16)14(12)21/h2-6,21H,1H3,(H,17,20)(H,22,23,24). The second-order valence-corrected chi connectivity index (χ2v) is 7.03. The molecule has 0 heterocycles. The molecule has 0 bridgehead atoms. The molecule has 2 aromatic rings. The van der Waals surface area contributed by atoms with Gasteiger partial charge in [0, 0.05) is 11.9 Å². The van der Waals surface area contributed by atoms with Gasteiger partial charge >= 0.3 is 0 Å². The number of nitrogens with zero attached hydrogens (tertiary/aromatic N) is 2. The van der Waals surface area contributed by atoms with Crippen molar-refractivity contribution in [2.24, 2.45) is 10.2 Å². The first-order valence-electron chi connectivity index (χ1n) is 6.57. The van der Waals surface area contributed by atoms with Crippen molar-refractivity contribution in [3.63, 3.8) is 0 Å². The maximum atomic E-state index is 11.5. The summed E-state index contributed by atoms with van der Waals surface area (Å²) in [5.74, 6) is -0.863. The Balaban J connectivity index is 2.46. The molecule has 0 aromatic heterocycles. The van der Waals surface area contributed by atoms with Gasteiger partial charge < -0.3 is 10.4 Å². The first-order valence-corrected chi connectivity index (χ1v) is 8.76. The normalized spacial score (nSPS) is 11.7. The molecule has 2 rings (SSSR count). The Hall–Kier alpha value is -2.20. The highest BCUT2D eigenvalue weighted by Gasteiger charge is 2.17. The summed E-state index contributed by atoms with van der Waals surface area (Å²) in [7, 11) is -4.61. The van der Waals surface area contributed by atoms with E-state index in [2.05, 4.69) is 15.5 Å². The van der Waals surface area contributed by atoms with E-state index in [1.807, 2.05) is 0 Å². The van der Waals surface area contributed by atoms with E-state index in [9.17, 15) is 22.9 Å². The SMILES string of the molecule is CC(=O)Nc1ccc(N=Nc2cc(Cl)cc(Cl)c2O)cc1S(=O)(=O)O. The predicted molar refractivity (Wildman–Crippen MR) is 92.9 cm³/mol. The van der Waals surface area contributed by atoms with Crippen molar-refractivity contribution in [2.45, 2.75) is 11.8 Å². The zero-order valence-corrected chi connectivity index (χ0v) is 14.9. The van der Waals surface area contributed by atoms with E-state index in [4.69, 9.17) is 23.2 Å². The van der Waals surface area contributed by atoms with Crippen LogP contribution in [0.15, 0.2) is 45.5 Å². The van der Waals surface area contributed by atoms with Gasteiger partial charge in [0.15, 0.2) is 5.75 Å². The van der Waals surface area contributed by atoms with Crippen LogP contribution in [0.1, 0.15) is 6.92 Å². The van der Waals surface area contributed by atoms with Crippen molar-refractivity contribution >= 4 is 56.3 Å². The Morgan fingerprint density at radius 1 is 1.16 bits per heavy atom. The molecule has 25 heavy (non-hydrogen) atoms. The number of hydrogen-bond donors (Lipinski definition) is 3. The third-order valence-electron chi connectivity index (χ3n) is 2.84. The van der Waals surface area contributed by atoms with Gasteiger partial charge in [-0.1, -0.05) is 23.2 Å². The lowest BCUT2D eigenvalue weighted by Gasteiger charge is -2.08. The minimum absolute atomic E-state index is 0.0268. The lowest BCUT2D eigenvalue weighted by atomic mass is 10.3. The first-order chi connectivity index (χ1) is 11.6. The fourth-order valence-corrected chi connectivity index (χ4v) is 2.97. The van der Waals surface area contributed by atoms with Crippen LogP contribution < -0.4 is 5.32 Å². The van der Waals surface area contributed by atoms with Crippen molar-refractivity contribution in [1.82, 2.24) is 0 Å². The number of phenols is 1. The van der Waals surface area contributed by atoms with Gasteiger partial charge in [-0.25, -0.2) is 0 Å². The summed E-state index contributed by atoms with van der Waals surface area (Å²) in [5, 5.41) is 19.8. The fourth-order valence-electron chi connectivity index (χ4n) is 1.82. The van der Waals surface area contributed by atoms with Gasteiger partial charge in [0.25, 0.3) is 10.1 Å². The molecule has 0 fully saturated rings. The average molecular weight is 404 g/mol. The molecule has 0 atom stereocenters. The van der Waals surface area contributed by atoms with Crippen molar-refractivity contribution in [1.29, 1.82) is 0 Å². The maximum absolute atomic E-state index is 11.5. The number of hydrogen-bond acceptors (Lipinski definition) is 6. The van der Waals surface area contributed by atoms with E-state index in [0.29, 0.717) is 0 Å². The third kappa shape index (κ3) is 4.89. The smallest absolute Gasteiger partial charge is 0.296 e. The monoisotopic (exact) mass is 403 g/mol. The van der Waals surface area contributed by atoms with Gasteiger partial charge in [-0.15, -0.1) is 5.11 Å². The number of rotatable bonds is 4. The van der Waals surface area contributed by atoms with Crippen LogP contribution in [0.3, 0.4) is 0 Å². The number of nitrogens with one attached hydrogen (secondary N) is 1. The third-order valence-corrected chi connectivity index (χ3v) is 4.23. The largest absolute Gasteiger partial charge is 0.504 e. The molecule has 0 aliphatic heterocycles. The number of anilines is 1. The molecule has 0 radical (unpaired) electrons. The van der Waals surface area contributed by atoms with Gasteiger partial charge in [0.2, 0.25) is 5.91 Å². The highest BCUT2D eigenvalue weighted by molar-refractivity contribution is 7.86. The van der Waals surface area contributed by atoms with Crippen LogP contribution in [0.2, 0.25) is 10.0 Å². The Morgan fingerprint density at radius 2 is 1.84 bits per heavy atom. The van der Waals surface area contributed by atoms with E-state index < -0.39 is 20.9 Å².